The van der Waals surface area contributed by atoms with Crippen molar-refractivity contribution in [2.24, 2.45) is 0 Å². The first-order valence-electron chi connectivity index (χ1n) is 8.06. The number of benzene rings is 1. The van der Waals surface area contributed by atoms with Crippen molar-refractivity contribution >= 4 is 5.97 Å². The molecular weight excluding hydrogens is 278 g/mol. The fourth-order valence-corrected chi connectivity index (χ4v) is 2.70. The summed E-state index contributed by atoms with van der Waals surface area (Å²) in [5, 5.41) is 6.89. The Morgan fingerprint density at radius 3 is 2.14 bits per heavy atom. The summed E-state index contributed by atoms with van der Waals surface area (Å²) in [4.78, 5) is 13.8. The molecule has 0 aromatic heterocycles. The molecule has 2 N–H and O–H groups in total. The first-order valence-corrected chi connectivity index (χ1v) is 8.06. The van der Waals surface area contributed by atoms with Gasteiger partial charge in [0.2, 0.25) is 0 Å². The largest absolute Gasteiger partial charge is 0.426 e. The van der Waals surface area contributed by atoms with Crippen LogP contribution in [0.1, 0.15) is 30.9 Å². The number of carbonyl (C=O) groups is 1. The van der Waals surface area contributed by atoms with E-state index in [2.05, 4.69) is 22.6 Å². The van der Waals surface area contributed by atoms with Crippen molar-refractivity contribution in [2.45, 2.75) is 32.9 Å². The second-order valence-electron chi connectivity index (χ2n) is 5.86. The lowest BCUT2D eigenvalue weighted by Gasteiger charge is -2.19. The number of nitrogens with zero attached hydrogens (tertiary/aromatic N) is 1. The van der Waals surface area contributed by atoms with Gasteiger partial charge in [0, 0.05) is 31.1 Å². The zero-order valence-corrected chi connectivity index (χ0v) is 13.7. The second-order valence-corrected chi connectivity index (χ2v) is 5.86. The third-order valence-corrected chi connectivity index (χ3v) is 3.84. The Morgan fingerprint density at radius 1 is 1.09 bits per heavy atom. The predicted octanol–water partition coefficient (Wildman–Crippen LogP) is 1.52. The molecule has 22 heavy (non-hydrogen) atoms. The van der Waals surface area contributed by atoms with Gasteiger partial charge in [-0.15, -0.1) is 0 Å². The minimum atomic E-state index is -0.267. The molecule has 1 aliphatic rings. The van der Waals surface area contributed by atoms with Gasteiger partial charge in [-0.05, 0) is 46.1 Å². The Morgan fingerprint density at radius 2 is 1.64 bits per heavy atom. The topological polar surface area (TPSA) is 53.6 Å². The lowest BCUT2D eigenvalue weighted by atomic mass is 10.1. The SMILES string of the molecule is CC(=O)Oc1c2cccc1CNCCCN(C)CCCNC2. The summed E-state index contributed by atoms with van der Waals surface area (Å²) in [7, 11) is 2.17. The molecule has 2 bridgehead atoms. The van der Waals surface area contributed by atoms with Crippen molar-refractivity contribution in [1.29, 1.82) is 0 Å². The molecule has 0 radical (unpaired) electrons. The smallest absolute Gasteiger partial charge is 0.308 e. The minimum Gasteiger partial charge on any atom is -0.426 e. The zero-order chi connectivity index (χ0) is 15.8. The number of hydrogen-bond acceptors (Lipinski definition) is 5. The third kappa shape index (κ3) is 5.40. The molecule has 1 heterocycles. The summed E-state index contributed by atoms with van der Waals surface area (Å²) < 4.78 is 5.47. The van der Waals surface area contributed by atoms with Crippen LogP contribution in [0.25, 0.3) is 0 Å². The molecule has 5 heteroatoms. The van der Waals surface area contributed by atoms with E-state index >= 15 is 0 Å². The van der Waals surface area contributed by atoms with E-state index in [9.17, 15) is 4.79 Å². The molecule has 0 atom stereocenters. The van der Waals surface area contributed by atoms with Crippen LogP contribution < -0.4 is 15.4 Å². The standard InChI is InChI=1S/C17H27N3O2/c1-14(21)22-17-15-6-3-7-16(17)13-19-9-5-11-20(2)10-4-8-18-12-15/h3,6-7,18-19H,4-5,8-13H2,1-2H3. The highest BCUT2D eigenvalue weighted by atomic mass is 16.5. The van der Waals surface area contributed by atoms with Crippen LogP contribution in [0.2, 0.25) is 0 Å². The molecule has 1 aromatic carbocycles. The molecule has 2 rings (SSSR count). The van der Waals surface area contributed by atoms with Gasteiger partial charge in [0.15, 0.2) is 0 Å². The number of rotatable bonds is 1. The van der Waals surface area contributed by atoms with Gasteiger partial charge in [-0.3, -0.25) is 4.79 Å². The van der Waals surface area contributed by atoms with E-state index in [1.165, 1.54) is 6.92 Å². The molecule has 0 spiro atoms. The van der Waals surface area contributed by atoms with E-state index in [1.807, 2.05) is 18.2 Å². The second kappa shape index (κ2) is 8.88. The summed E-state index contributed by atoms with van der Waals surface area (Å²) in [6, 6.07) is 6.07. The number of ether oxygens (including phenoxy) is 1. The maximum Gasteiger partial charge on any atom is 0.308 e. The number of nitrogens with one attached hydrogen (secondary N) is 2. The van der Waals surface area contributed by atoms with E-state index in [-0.39, 0.29) is 5.97 Å². The van der Waals surface area contributed by atoms with Crippen molar-refractivity contribution < 1.29 is 9.53 Å². The predicted molar refractivity (Wildman–Crippen MR) is 87.9 cm³/mol. The molecular formula is C17H27N3O2. The molecule has 0 saturated heterocycles. The van der Waals surface area contributed by atoms with E-state index < -0.39 is 0 Å². The maximum absolute atomic E-state index is 11.4. The Labute approximate surface area is 133 Å². The van der Waals surface area contributed by atoms with Crippen molar-refractivity contribution in [3.63, 3.8) is 0 Å². The van der Waals surface area contributed by atoms with Crippen LogP contribution in [-0.4, -0.2) is 44.1 Å². The van der Waals surface area contributed by atoms with Crippen LogP contribution >= 0.6 is 0 Å². The van der Waals surface area contributed by atoms with Crippen LogP contribution in [0.4, 0.5) is 0 Å². The summed E-state index contributed by atoms with van der Waals surface area (Å²) >= 11 is 0. The van der Waals surface area contributed by atoms with Gasteiger partial charge in [-0.2, -0.15) is 0 Å². The summed E-state index contributed by atoms with van der Waals surface area (Å²) in [6.07, 6.45) is 2.24. The fraction of sp³-hybridized carbons (Fsp3) is 0.588. The first-order chi connectivity index (χ1) is 10.7. The summed E-state index contributed by atoms with van der Waals surface area (Å²) in [5.41, 5.74) is 2.08. The number of esters is 1. The van der Waals surface area contributed by atoms with Crippen molar-refractivity contribution in [2.75, 3.05) is 33.2 Å². The van der Waals surface area contributed by atoms with Gasteiger partial charge in [0.05, 0.1) is 0 Å². The average molecular weight is 305 g/mol. The van der Waals surface area contributed by atoms with Gasteiger partial charge >= 0.3 is 5.97 Å². The van der Waals surface area contributed by atoms with E-state index in [0.717, 1.165) is 63.2 Å². The molecule has 0 aliphatic carbocycles. The highest BCUT2D eigenvalue weighted by molar-refractivity contribution is 5.70. The average Bonchev–Trinajstić information content (AvgIpc) is 2.47. The summed E-state index contributed by atoms with van der Waals surface area (Å²) in [6.45, 7) is 7.03. The molecule has 0 saturated carbocycles. The molecule has 0 fully saturated rings. The van der Waals surface area contributed by atoms with Gasteiger partial charge in [0.25, 0.3) is 0 Å². The Kier molecular flexibility index (Phi) is 6.83. The quantitative estimate of drug-likeness (QED) is 0.608. The lowest BCUT2D eigenvalue weighted by molar-refractivity contribution is -0.132. The fourth-order valence-electron chi connectivity index (χ4n) is 2.70. The van der Waals surface area contributed by atoms with Gasteiger partial charge in [-0.1, -0.05) is 18.2 Å². The molecule has 5 nitrogen and oxygen atoms in total. The van der Waals surface area contributed by atoms with Crippen LogP contribution in [-0.2, 0) is 17.9 Å². The van der Waals surface area contributed by atoms with Crippen molar-refractivity contribution in [3.05, 3.63) is 29.3 Å². The van der Waals surface area contributed by atoms with E-state index in [0.29, 0.717) is 5.75 Å². The number of fused-ring (bicyclic) bond motifs is 2. The maximum atomic E-state index is 11.4. The van der Waals surface area contributed by atoms with Crippen molar-refractivity contribution in [3.8, 4) is 5.75 Å². The molecule has 1 aliphatic heterocycles. The number of hydrogen-bond donors (Lipinski definition) is 2. The van der Waals surface area contributed by atoms with Crippen LogP contribution in [0.3, 0.4) is 0 Å². The van der Waals surface area contributed by atoms with E-state index in [4.69, 9.17) is 4.74 Å². The molecule has 1 aromatic rings. The highest BCUT2D eigenvalue weighted by Crippen LogP contribution is 2.24. The molecule has 0 amide bonds. The van der Waals surface area contributed by atoms with Gasteiger partial charge < -0.3 is 20.3 Å². The Bertz CT molecular complexity index is 459. The first kappa shape index (κ1) is 16.9. The van der Waals surface area contributed by atoms with Gasteiger partial charge in [-0.25, -0.2) is 0 Å². The third-order valence-electron chi connectivity index (χ3n) is 3.84. The minimum absolute atomic E-state index is 0.267. The van der Waals surface area contributed by atoms with Crippen LogP contribution in [0.5, 0.6) is 5.75 Å². The Balaban J connectivity index is 2.13. The summed E-state index contributed by atoms with van der Waals surface area (Å²) in [5.74, 6) is 0.445. The normalized spacial score (nSPS) is 18.5. The number of para-hydroxylation sites is 1. The van der Waals surface area contributed by atoms with Crippen LogP contribution in [0.15, 0.2) is 18.2 Å². The lowest BCUT2D eigenvalue weighted by Crippen LogP contribution is -2.28. The van der Waals surface area contributed by atoms with E-state index in [1.54, 1.807) is 0 Å². The molecule has 0 unspecified atom stereocenters. The zero-order valence-electron chi connectivity index (χ0n) is 13.7. The molecule has 122 valence electrons. The van der Waals surface area contributed by atoms with Crippen molar-refractivity contribution in [1.82, 2.24) is 15.5 Å². The number of carbonyl (C=O) groups excluding carboxylic acids is 1. The van der Waals surface area contributed by atoms with Gasteiger partial charge in [0.1, 0.15) is 5.75 Å². The highest BCUT2D eigenvalue weighted by Gasteiger charge is 2.12. The van der Waals surface area contributed by atoms with Crippen LogP contribution in [0, 0.1) is 0 Å². The monoisotopic (exact) mass is 305 g/mol. The Hall–Kier alpha value is -1.43.